The Morgan fingerprint density at radius 3 is 2.75 bits per heavy atom. The van der Waals surface area contributed by atoms with Crippen LogP contribution in [0.5, 0.6) is 5.75 Å². The summed E-state index contributed by atoms with van der Waals surface area (Å²) in [5, 5.41) is 12.1. The zero-order valence-corrected chi connectivity index (χ0v) is 8.15. The van der Waals surface area contributed by atoms with Crippen molar-refractivity contribution in [2.75, 3.05) is 7.05 Å². The van der Waals surface area contributed by atoms with E-state index >= 15 is 0 Å². The average molecular weight is 234 g/mol. The van der Waals surface area contributed by atoms with Crippen molar-refractivity contribution in [2.45, 2.75) is 6.54 Å². The van der Waals surface area contributed by atoms with E-state index in [2.05, 4.69) is 21.2 Å². The van der Waals surface area contributed by atoms with Crippen molar-refractivity contribution in [3.63, 3.8) is 0 Å². The van der Waals surface area contributed by atoms with Gasteiger partial charge in [-0.15, -0.1) is 0 Å². The quantitative estimate of drug-likeness (QED) is 0.820. The fourth-order valence-electron chi connectivity index (χ4n) is 0.935. The smallest absolute Gasteiger partial charge is 0.141 e. The Morgan fingerprint density at radius 2 is 2.25 bits per heavy atom. The minimum absolute atomic E-state index is 0.0692. The molecule has 0 spiro atoms. The average Bonchev–Trinajstić information content (AvgIpc) is 2.01. The third-order valence-electron chi connectivity index (χ3n) is 1.45. The fourth-order valence-corrected chi connectivity index (χ4v) is 1.16. The fraction of sp³-hybridized carbons (Fsp3) is 0.250. The van der Waals surface area contributed by atoms with Gasteiger partial charge in [-0.1, -0.05) is 0 Å². The molecule has 4 heteroatoms. The van der Waals surface area contributed by atoms with Gasteiger partial charge in [-0.25, -0.2) is 4.39 Å². The summed E-state index contributed by atoms with van der Waals surface area (Å²) in [4.78, 5) is 0. The van der Waals surface area contributed by atoms with Gasteiger partial charge in [0.15, 0.2) is 0 Å². The van der Waals surface area contributed by atoms with E-state index in [1.165, 1.54) is 12.1 Å². The van der Waals surface area contributed by atoms with Gasteiger partial charge in [0.05, 0.1) is 4.47 Å². The second-order valence-electron chi connectivity index (χ2n) is 2.44. The van der Waals surface area contributed by atoms with Crippen molar-refractivity contribution in [1.29, 1.82) is 0 Å². The van der Waals surface area contributed by atoms with E-state index in [1.54, 1.807) is 7.05 Å². The van der Waals surface area contributed by atoms with Crippen LogP contribution in [0, 0.1) is 5.82 Å². The number of hydrogen-bond acceptors (Lipinski definition) is 2. The predicted molar refractivity (Wildman–Crippen MR) is 48.5 cm³/mol. The number of halogens is 2. The van der Waals surface area contributed by atoms with E-state index in [9.17, 15) is 9.50 Å². The number of aromatic hydroxyl groups is 1. The molecule has 1 aromatic rings. The van der Waals surface area contributed by atoms with Crippen molar-refractivity contribution in [1.82, 2.24) is 5.32 Å². The molecular formula is C8H9BrFNO. The Bertz CT molecular complexity index is 267. The van der Waals surface area contributed by atoms with Crippen molar-refractivity contribution in [3.8, 4) is 5.75 Å². The van der Waals surface area contributed by atoms with E-state index in [4.69, 9.17) is 0 Å². The lowest BCUT2D eigenvalue weighted by atomic mass is 10.2. The highest BCUT2D eigenvalue weighted by molar-refractivity contribution is 9.10. The second kappa shape index (κ2) is 3.87. The molecule has 2 nitrogen and oxygen atoms in total. The van der Waals surface area contributed by atoms with Crippen molar-refractivity contribution >= 4 is 15.9 Å². The zero-order chi connectivity index (χ0) is 9.14. The van der Waals surface area contributed by atoms with Crippen LogP contribution in [0.1, 0.15) is 5.56 Å². The lowest BCUT2D eigenvalue weighted by molar-refractivity contribution is 0.462. The number of benzene rings is 1. The van der Waals surface area contributed by atoms with Crippen LogP contribution in [0.2, 0.25) is 0 Å². The molecule has 0 bridgehead atoms. The number of phenolic OH excluding ortho intramolecular Hbond substituents is 1. The Balaban J connectivity index is 3.04. The normalized spacial score (nSPS) is 10.2. The first-order chi connectivity index (χ1) is 5.65. The highest BCUT2D eigenvalue weighted by Gasteiger charge is 2.06. The lowest BCUT2D eigenvalue weighted by Gasteiger charge is -2.03. The number of phenols is 1. The predicted octanol–water partition coefficient (Wildman–Crippen LogP) is 2.01. The molecule has 0 atom stereocenters. The van der Waals surface area contributed by atoms with Crippen LogP contribution < -0.4 is 5.32 Å². The van der Waals surface area contributed by atoms with Crippen LogP contribution in [0.4, 0.5) is 4.39 Å². The molecule has 1 rings (SSSR count). The lowest BCUT2D eigenvalue weighted by Crippen LogP contribution is -2.05. The maximum atomic E-state index is 12.9. The van der Waals surface area contributed by atoms with Crippen LogP contribution in [0.25, 0.3) is 0 Å². The van der Waals surface area contributed by atoms with E-state index in [-0.39, 0.29) is 10.2 Å². The summed E-state index contributed by atoms with van der Waals surface area (Å²) in [7, 11) is 1.76. The SMILES string of the molecule is CNCc1cc(O)c(Br)c(F)c1. The molecule has 1 aromatic carbocycles. The largest absolute Gasteiger partial charge is 0.507 e. The van der Waals surface area contributed by atoms with Gasteiger partial charge in [0.1, 0.15) is 11.6 Å². The highest BCUT2D eigenvalue weighted by Crippen LogP contribution is 2.27. The topological polar surface area (TPSA) is 32.3 Å². The summed E-state index contributed by atoms with van der Waals surface area (Å²) in [6.45, 7) is 0.539. The Kier molecular flexibility index (Phi) is 3.05. The van der Waals surface area contributed by atoms with Crippen LogP contribution in [-0.4, -0.2) is 12.2 Å². The molecule has 2 N–H and O–H groups in total. The molecule has 0 unspecified atom stereocenters. The molecule has 0 radical (unpaired) electrons. The monoisotopic (exact) mass is 233 g/mol. The van der Waals surface area contributed by atoms with Gasteiger partial charge in [0.2, 0.25) is 0 Å². The molecule has 0 amide bonds. The van der Waals surface area contributed by atoms with Gasteiger partial charge >= 0.3 is 0 Å². The zero-order valence-electron chi connectivity index (χ0n) is 6.56. The minimum Gasteiger partial charge on any atom is -0.507 e. The summed E-state index contributed by atoms with van der Waals surface area (Å²) in [6.07, 6.45) is 0. The van der Waals surface area contributed by atoms with E-state index in [1.807, 2.05) is 0 Å². The molecule has 0 aromatic heterocycles. The van der Waals surface area contributed by atoms with Gasteiger partial charge in [-0.3, -0.25) is 0 Å². The minimum atomic E-state index is -0.444. The van der Waals surface area contributed by atoms with Crippen molar-refractivity contribution in [3.05, 3.63) is 28.0 Å². The molecule has 0 aliphatic heterocycles. The standard InChI is InChI=1S/C8H9BrFNO/c1-11-4-5-2-6(10)8(9)7(12)3-5/h2-3,11-12H,4H2,1H3. The third kappa shape index (κ3) is 1.95. The molecule has 66 valence electrons. The molecule has 0 heterocycles. The summed E-state index contributed by atoms with van der Waals surface area (Å²) in [6, 6.07) is 2.89. The molecular weight excluding hydrogens is 225 g/mol. The molecule has 0 aliphatic carbocycles. The van der Waals surface area contributed by atoms with Crippen LogP contribution in [0.15, 0.2) is 16.6 Å². The molecule has 12 heavy (non-hydrogen) atoms. The first kappa shape index (κ1) is 9.48. The molecule has 0 fully saturated rings. The van der Waals surface area contributed by atoms with Crippen LogP contribution in [-0.2, 0) is 6.54 Å². The summed E-state index contributed by atoms with van der Waals surface area (Å²) in [5.74, 6) is -0.513. The molecule has 0 aliphatic rings. The van der Waals surface area contributed by atoms with E-state index in [0.29, 0.717) is 6.54 Å². The van der Waals surface area contributed by atoms with Gasteiger partial charge in [-0.05, 0) is 40.7 Å². The Hall–Kier alpha value is -0.610. The number of rotatable bonds is 2. The third-order valence-corrected chi connectivity index (χ3v) is 2.23. The summed E-state index contributed by atoms with van der Waals surface area (Å²) >= 11 is 2.92. The molecule has 0 saturated heterocycles. The highest BCUT2D eigenvalue weighted by atomic mass is 79.9. The maximum Gasteiger partial charge on any atom is 0.141 e. The van der Waals surface area contributed by atoms with Crippen molar-refractivity contribution in [2.24, 2.45) is 0 Å². The number of nitrogens with one attached hydrogen (secondary N) is 1. The summed E-state index contributed by atoms with van der Waals surface area (Å²) in [5.41, 5.74) is 0.718. The van der Waals surface area contributed by atoms with Gasteiger partial charge in [0, 0.05) is 6.54 Å². The van der Waals surface area contributed by atoms with Gasteiger partial charge in [-0.2, -0.15) is 0 Å². The summed E-state index contributed by atoms with van der Waals surface area (Å²) < 4.78 is 13.0. The number of hydrogen-bond donors (Lipinski definition) is 2. The van der Waals surface area contributed by atoms with Gasteiger partial charge in [0.25, 0.3) is 0 Å². The van der Waals surface area contributed by atoms with E-state index in [0.717, 1.165) is 5.56 Å². The maximum absolute atomic E-state index is 12.9. The Morgan fingerprint density at radius 1 is 1.58 bits per heavy atom. The van der Waals surface area contributed by atoms with Crippen molar-refractivity contribution < 1.29 is 9.50 Å². The molecule has 0 saturated carbocycles. The van der Waals surface area contributed by atoms with E-state index < -0.39 is 5.82 Å². The van der Waals surface area contributed by atoms with Gasteiger partial charge < -0.3 is 10.4 Å². The Labute approximate surface area is 78.5 Å². The first-order valence-corrected chi connectivity index (χ1v) is 4.26. The van der Waals surface area contributed by atoms with Crippen LogP contribution >= 0.6 is 15.9 Å². The first-order valence-electron chi connectivity index (χ1n) is 3.46. The van der Waals surface area contributed by atoms with Crippen LogP contribution in [0.3, 0.4) is 0 Å². The second-order valence-corrected chi connectivity index (χ2v) is 3.23.